The Morgan fingerprint density at radius 3 is 2.53 bits per heavy atom. The van der Waals surface area contributed by atoms with E-state index in [1.807, 2.05) is 6.92 Å². The summed E-state index contributed by atoms with van der Waals surface area (Å²) >= 11 is 0. The predicted molar refractivity (Wildman–Crippen MR) is 120 cm³/mol. The fourth-order valence-corrected chi connectivity index (χ4v) is 2.49. The molecule has 30 heavy (non-hydrogen) atoms. The van der Waals surface area contributed by atoms with E-state index >= 15 is 0 Å². The number of benzene rings is 1. The number of rotatable bonds is 8. The first-order chi connectivity index (χ1) is 13.8. The van der Waals surface area contributed by atoms with Gasteiger partial charge in [0, 0.05) is 31.0 Å². The van der Waals surface area contributed by atoms with Crippen molar-refractivity contribution in [3.8, 4) is 5.75 Å². The molecular formula is C20H26F3IN4O2. The number of hydrogen-bond acceptors (Lipinski definition) is 4. The van der Waals surface area contributed by atoms with Gasteiger partial charge in [0.25, 0.3) is 0 Å². The number of aliphatic hydroxyl groups is 1. The molecule has 0 radical (unpaired) electrons. The first-order valence-corrected chi connectivity index (χ1v) is 9.17. The molecule has 0 aliphatic heterocycles. The molecule has 10 heteroatoms. The van der Waals surface area contributed by atoms with Gasteiger partial charge in [-0.05, 0) is 43.2 Å². The summed E-state index contributed by atoms with van der Waals surface area (Å²) in [5.41, 5.74) is 2.04. The first kappa shape index (κ1) is 26.0. The number of aliphatic hydroxyl groups excluding tert-OH is 1. The Hall–Kier alpha value is -2.08. The zero-order chi connectivity index (χ0) is 21.3. The predicted octanol–water partition coefficient (Wildman–Crippen LogP) is 3.74. The first-order valence-electron chi connectivity index (χ1n) is 9.17. The second kappa shape index (κ2) is 12.6. The van der Waals surface area contributed by atoms with E-state index in [2.05, 4.69) is 20.6 Å². The summed E-state index contributed by atoms with van der Waals surface area (Å²) in [7, 11) is 0. The van der Waals surface area contributed by atoms with Gasteiger partial charge in [-0.25, -0.2) is 4.99 Å². The minimum atomic E-state index is -4.41. The van der Waals surface area contributed by atoms with Crippen LogP contribution >= 0.6 is 24.0 Å². The molecule has 0 aliphatic carbocycles. The van der Waals surface area contributed by atoms with Gasteiger partial charge in [-0.2, -0.15) is 13.2 Å². The SMILES string of the molecule is CCNC(=NCc1ccc(C)cc1OCC(F)(F)F)NCC(O)c1ccncc1.I. The summed E-state index contributed by atoms with van der Waals surface area (Å²) < 4.78 is 42.5. The van der Waals surface area contributed by atoms with E-state index in [0.29, 0.717) is 23.6 Å². The summed E-state index contributed by atoms with van der Waals surface area (Å²) in [5, 5.41) is 16.3. The molecular weight excluding hydrogens is 512 g/mol. The van der Waals surface area contributed by atoms with Crippen molar-refractivity contribution in [3.05, 3.63) is 59.4 Å². The van der Waals surface area contributed by atoms with Crippen molar-refractivity contribution in [2.75, 3.05) is 19.7 Å². The van der Waals surface area contributed by atoms with Crippen LogP contribution in [0.3, 0.4) is 0 Å². The maximum absolute atomic E-state index is 12.5. The number of aryl methyl sites for hydroxylation is 1. The van der Waals surface area contributed by atoms with Crippen molar-refractivity contribution in [1.29, 1.82) is 0 Å². The van der Waals surface area contributed by atoms with Crippen LogP contribution < -0.4 is 15.4 Å². The van der Waals surface area contributed by atoms with E-state index in [1.165, 1.54) is 0 Å². The maximum atomic E-state index is 12.5. The van der Waals surface area contributed by atoms with Gasteiger partial charge >= 0.3 is 6.18 Å². The van der Waals surface area contributed by atoms with Crippen LogP contribution in [0.25, 0.3) is 0 Å². The minimum absolute atomic E-state index is 0. The molecule has 1 aromatic carbocycles. The lowest BCUT2D eigenvalue weighted by Gasteiger charge is -2.16. The Labute approximate surface area is 191 Å². The summed E-state index contributed by atoms with van der Waals surface area (Å²) in [6.07, 6.45) is -1.98. The Morgan fingerprint density at radius 2 is 1.90 bits per heavy atom. The Balaban J connectivity index is 0.00000450. The molecule has 3 N–H and O–H groups in total. The van der Waals surface area contributed by atoms with Gasteiger partial charge in [0.05, 0.1) is 12.6 Å². The highest BCUT2D eigenvalue weighted by Crippen LogP contribution is 2.24. The third-order valence-electron chi connectivity index (χ3n) is 3.92. The fourth-order valence-electron chi connectivity index (χ4n) is 2.49. The van der Waals surface area contributed by atoms with Crippen LogP contribution in [0.15, 0.2) is 47.7 Å². The molecule has 2 rings (SSSR count). The lowest BCUT2D eigenvalue weighted by Crippen LogP contribution is -2.39. The zero-order valence-corrected chi connectivity index (χ0v) is 19.1. The van der Waals surface area contributed by atoms with E-state index in [0.717, 1.165) is 5.56 Å². The lowest BCUT2D eigenvalue weighted by atomic mass is 10.1. The third kappa shape index (κ3) is 9.16. The minimum Gasteiger partial charge on any atom is -0.484 e. The van der Waals surface area contributed by atoms with Crippen molar-refractivity contribution in [3.63, 3.8) is 0 Å². The number of ether oxygens (including phenoxy) is 1. The van der Waals surface area contributed by atoms with Crippen LogP contribution in [0.5, 0.6) is 5.75 Å². The number of nitrogens with one attached hydrogen (secondary N) is 2. The van der Waals surface area contributed by atoms with E-state index in [-0.39, 0.29) is 42.8 Å². The largest absolute Gasteiger partial charge is 0.484 e. The number of halogens is 4. The Morgan fingerprint density at radius 1 is 1.20 bits per heavy atom. The lowest BCUT2D eigenvalue weighted by molar-refractivity contribution is -0.153. The Bertz CT molecular complexity index is 804. The average molecular weight is 538 g/mol. The molecule has 1 unspecified atom stereocenters. The number of pyridine rings is 1. The van der Waals surface area contributed by atoms with Crippen molar-refractivity contribution in [2.45, 2.75) is 32.7 Å². The second-order valence-electron chi connectivity index (χ2n) is 6.39. The highest BCUT2D eigenvalue weighted by Gasteiger charge is 2.28. The van der Waals surface area contributed by atoms with Gasteiger partial charge in [-0.15, -0.1) is 24.0 Å². The van der Waals surface area contributed by atoms with Gasteiger partial charge < -0.3 is 20.5 Å². The van der Waals surface area contributed by atoms with Crippen molar-refractivity contribution < 1.29 is 23.0 Å². The van der Waals surface area contributed by atoms with Gasteiger partial charge in [0.2, 0.25) is 0 Å². The van der Waals surface area contributed by atoms with Crippen molar-refractivity contribution in [2.24, 2.45) is 4.99 Å². The number of alkyl halides is 3. The molecule has 0 amide bonds. The summed E-state index contributed by atoms with van der Waals surface area (Å²) in [6, 6.07) is 8.48. The highest BCUT2D eigenvalue weighted by atomic mass is 127. The standard InChI is InChI=1S/C20H25F3N4O2.HI/c1-3-25-19(27-12-17(28)15-6-8-24-9-7-15)26-11-16-5-4-14(2)10-18(16)29-13-20(21,22)23;/h4-10,17,28H,3,11-13H2,1-2H3,(H2,25,26,27);1H. The highest BCUT2D eigenvalue weighted by molar-refractivity contribution is 14.0. The van der Waals surface area contributed by atoms with Crippen LogP contribution in [0.2, 0.25) is 0 Å². The molecule has 1 atom stereocenters. The second-order valence-corrected chi connectivity index (χ2v) is 6.39. The summed E-state index contributed by atoms with van der Waals surface area (Å²) in [5.74, 6) is 0.585. The van der Waals surface area contributed by atoms with E-state index < -0.39 is 18.9 Å². The molecule has 166 valence electrons. The van der Waals surface area contributed by atoms with Crippen molar-refractivity contribution >= 4 is 29.9 Å². The molecule has 0 spiro atoms. The molecule has 0 saturated carbocycles. The molecule has 6 nitrogen and oxygen atoms in total. The van der Waals surface area contributed by atoms with Crippen LogP contribution in [0, 0.1) is 6.92 Å². The molecule has 2 aromatic rings. The van der Waals surface area contributed by atoms with Crippen LogP contribution in [0.4, 0.5) is 13.2 Å². The molecule has 0 saturated heterocycles. The normalized spacial score (nSPS) is 12.7. The number of aliphatic imine (C=N–C) groups is 1. The number of guanidine groups is 1. The molecule has 0 bridgehead atoms. The molecule has 0 fully saturated rings. The summed E-state index contributed by atoms with van der Waals surface area (Å²) in [4.78, 5) is 8.30. The molecule has 1 aromatic heterocycles. The van der Waals surface area contributed by atoms with Gasteiger partial charge in [-0.3, -0.25) is 4.98 Å². The van der Waals surface area contributed by atoms with Gasteiger partial charge in [-0.1, -0.05) is 12.1 Å². The third-order valence-corrected chi connectivity index (χ3v) is 3.92. The topological polar surface area (TPSA) is 78.8 Å². The van der Waals surface area contributed by atoms with E-state index in [4.69, 9.17) is 4.74 Å². The van der Waals surface area contributed by atoms with Crippen molar-refractivity contribution in [1.82, 2.24) is 15.6 Å². The molecule has 1 heterocycles. The van der Waals surface area contributed by atoms with Crippen LogP contribution in [-0.4, -0.2) is 41.9 Å². The number of nitrogens with zero attached hydrogens (tertiary/aromatic N) is 2. The number of aromatic nitrogens is 1. The van der Waals surface area contributed by atoms with E-state index in [9.17, 15) is 18.3 Å². The van der Waals surface area contributed by atoms with Gasteiger partial charge in [0.1, 0.15) is 5.75 Å². The van der Waals surface area contributed by atoms with Crippen LogP contribution in [0.1, 0.15) is 29.7 Å². The smallest absolute Gasteiger partial charge is 0.422 e. The Kier molecular flexibility index (Phi) is 10.9. The monoisotopic (exact) mass is 538 g/mol. The van der Waals surface area contributed by atoms with E-state index in [1.54, 1.807) is 49.6 Å². The van der Waals surface area contributed by atoms with Gasteiger partial charge in [0.15, 0.2) is 12.6 Å². The summed E-state index contributed by atoms with van der Waals surface area (Å²) in [6.45, 7) is 3.22. The zero-order valence-electron chi connectivity index (χ0n) is 16.7. The quantitative estimate of drug-likeness (QED) is 0.271. The number of hydrogen-bond donors (Lipinski definition) is 3. The fraction of sp³-hybridized carbons (Fsp3) is 0.400. The molecule has 0 aliphatic rings. The average Bonchev–Trinajstić information content (AvgIpc) is 2.69. The van der Waals surface area contributed by atoms with Crippen LogP contribution in [-0.2, 0) is 6.54 Å². The maximum Gasteiger partial charge on any atom is 0.422 e.